The lowest BCUT2D eigenvalue weighted by Gasteiger charge is -2.32. The summed E-state index contributed by atoms with van der Waals surface area (Å²) < 4.78 is 9.47. The fourth-order valence-corrected chi connectivity index (χ4v) is 4.27. The predicted molar refractivity (Wildman–Crippen MR) is 121 cm³/mol. The number of carbonyl (C=O) groups excluding carboxylic acids is 1. The molecule has 0 bridgehead atoms. The van der Waals surface area contributed by atoms with Crippen molar-refractivity contribution >= 4 is 31.0 Å². The van der Waals surface area contributed by atoms with Gasteiger partial charge in [0, 0.05) is 46.6 Å². The fourth-order valence-electron chi connectivity index (χ4n) is 3.51. The Balaban J connectivity index is 1.68. The zero-order chi connectivity index (χ0) is 22.2. The lowest BCUT2D eigenvalue weighted by atomic mass is 10.2. The van der Waals surface area contributed by atoms with Crippen LogP contribution in [0.15, 0.2) is 18.6 Å². The van der Waals surface area contributed by atoms with Crippen molar-refractivity contribution in [3.05, 3.63) is 18.6 Å². The molecule has 1 saturated heterocycles. The van der Waals surface area contributed by atoms with Crippen molar-refractivity contribution in [2.75, 3.05) is 24.6 Å². The molecule has 1 aliphatic rings. The summed E-state index contributed by atoms with van der Waals surface area (Å²) in [6.45, 7) is 11.1. The second-order valence-corrected chi connectivity index (χ2v) is 14.8. The number of carbonyl (C=O) groups is 1. The van der Waals surface area contributed by atoms with E-state index < -0.39 is 8.07 Å². The molecule has 0 saturated carbocycles. The predicted octanol–water partition coefficient (Wildman–Crippen LogP) is 1.86. The van der Waals surface area contributed by atoms with E-state index in [4.69, 9.17) is 14.8 Å². The molecule has 0 aliphatic carbocycles. The molecule has 1 fully saturated rings. The number of amides is 1. The molecule has 4 rings (SSSR count). The molecule has 10 nitrogen and oxygen atoms in total. The largest absolute Gasteiger partial charge is 0.360 e. The third kappa shape index (κ3) is 4.61. The Morgan fingerprint density at radius 3 is 2.81 bits per heavy atom. The second kappa shape index (κ2) is 8.38. The molecule has 1 aliphatic heterocycles. The van der Waals surface area contributed by atoms with E-state index in [1.165, 1.54) is 0 Å². The van der Waals surface area contributed by atoms with Gasteiger partial charge in [-0.05, 0) is 13.0 Å². The quantitative estimate of drug-likeness (QED) is 0.440. The van der Waals surface area contributed by atoms with Gasteiger partial charge in [-0.3, -0.25) is 9.48 Å². The first-order valence-electron chi connectivity index (χ1n) is 10.6. The first-order valence-corrected chi connectivity index (χ1v) is 14.3. The van der Waals surface area contributed by atoms with Gasteiger partial charge in [0.2, 0.25) is 11.9 Å². The van der Waals surface area contributed by atoms with Crippen LogP contribution in [-0.4, -0.2) is 69.2 Å². The summed E-state index contributed by atoms with van der Waals surface area (Å²) in [6, 6.07) is 0.769. The number of piperazine rings is 1. The van der Waals surface area contributed by atoms with Crippen LogP contribution in [0.2, 0.25) is 25.7 Å². The third-order valence-electron chi connectivity index (χ3n) is 5.42. The first kappa shape index (κ1) is 21.4. The maximum atomic E-state index is 12.1. The summed E-state index contributed by atoms with van der Waals surface area (Å²) in [4.78, 5) is 23.4. The summed E-state index contributed by atoms with van der Waals surface area (Å²) in [7, 11) is 0.710. The van der Waals surface area contributed by atoms with E-state index in [0.717, 1.165) is 28.3 Å². The van der Waals surface area contributed by atoms with Crippen LogP contribution in [0.25, 0.3) is 22.3 Å². The highest BCUT2D eigenvalue weighted by Crippen LogP contribution is 2.28. The topological polar surface area (TPSA) is 103 Å². The van der Waals surface area contributed by atoms with Gasteiger partial charge in [-0.15, -0.1) is 0 Å². The Morgan fingerprint density at radius 1 is 1.29 bits per heavy atom. The molecule has 0 unspecified atom stereocenters. The van der Waals surface area contributed by atoms with Crippen molar-refractivity contribution < 1.29 is 9.53 Å². The summed E-state index contributed by atoms with van der Waals surface area (Å²) in [5.74, 6) is 0.508. The van der Waals surface area contributed by atoms with E-state index in [1.54, 1.807) is 21.8 Å². The average Bonchev–Trinajstić information content (AvgIpc) is 3.30. The van der Waals surface area contributed by atoms with Crippen LogP contribution in [0.5, 0.6) is 0 Å². The lowest BCUT2D eigenvalue weighted by Crippen LogP contribution is -2.54. The molecule has 0 radical (unpaired) electrons. The number of anilines is 1. The van der Waals surface area contributed by atoms with Gasteiger partial charge < -0.3 is 15.0 Å². The molecule has 0 aromatic carbocycles. The highest BCUT2D eigenvalue weighted by Gasteiger charge is 2.28. The normalized spacial score (nSPS) is 17.4. The molecule has 3 aromatic heterocycles. The highest BCUT2D eigenvalue weighted by molar-refractivity contribution is 6.76. The van der Waals surface area contributed by atoms with Crippen molar-refractivity contribution in [2.24, 2.45) is 7.05 Å². The summed E-state index contributed by atoms with van der Waals surface area (Å²) in [6.07, 6.45) is 5.46. The Bertz CT molecular complexity index is 1090. The monoisotopic (exact) mass is 442 g/mol. The van der Waals surface area contributed by atoms with Crippen molar-refractivity contribution in [3.8, 4) is 11.3 Å². The Labute approximate surface area is 182 Å². The standard InChI is InChI=1S/C20H30N8O2Si/c1-14-19(29)21-6-7-27(14)20-22-11-16-18(24-20)17(15-10-23-26(2)12-15)25-28(16)13-30-8-9-31(3,4)5/h10-12,14H,6-9,13H2,1-5H3,(H,21,29)/t14-/m1/s1. The van der Waals surface area contributed by atoms with E-state index in [1.807, 2.05) is 25.1 Å². The van der Waals surface area contributed by atoms with Crippen molar-refractivity contribution in [3.63, 3.8) is 0 Å². The van der Waals surface area contributed by atoms with E-state index in [2.05, 4.69) is 35.0 Å². The number of nitrogens with one attached hydrogen (secondary N) is 1. The first-order chi connectivity index (χ1) is 14.7. The molecule has 166 valence electrons. The molecule has 1 N–H and O–H groups in total. The molecule has 0 spiro atoms. The van der Waals surface area contributed by atoms with Gasteiger partial charge in [0.1, 0.15) is 29.5 Å². The number of hydrogen-bond donors (Lipinski definition) is 1. The van der Waals surface area contributed by atoms with Crippen molar-refractivity contribution in [2.45, 2.75) is 45.4 Å². The number of aromatic nitrogens is 6. The van der Waals surface area contributed by atoms with Gasteiger partial charge in [-0.1, -0.05) is 19.6 Å². The van der Waals surface area contributed by atoms with Gasteiger partial charge in [0.25, 0.3) is 0 Å². The molecular weight excluding hydrogens is 412 g/mol. The van der Waals surface area contributed by atoms with Gasteiger partial charge in [0.05, 0.1) is 12.4 Å². The minimum absolute atomic E-state index is 0.0195. The zero-order valence-corrected chi connectivity index (χ0v) is 19.8. The maximum absolute atomic E-state index is 12.1. The Hall–Kier alpha value is -2.79. The minimum Gasteiger partial charge on any atom is -0.360 e. The van der Waals surface area contributed by atoms with Crippen LogP contribution in [-0.2, 0) is 23.3 Å². The smallest absolute Gasteiger partial charge is 0.242 e. The van der Waals surface area contributed by atoms with E-state index >= 15 is 0 Å². The summed E-state index contributed by atoms with van der Waals surface area (Å²) >= 11 is 0. The van der Waals surface area contributed by atoms with E-state index in [-0.39, 0.29) is 11.9 Å². The SMILES string of the molecule is C[C@@H]1C(=O)NCCN1c1ncc2c(n1)c(-c1cnn(C)c1)nn2COCC[Si](C)(C)C. The van der Waals surface area contributed by atoms with Crippen LogP contribution < -0.4 is 10.2 Å². The summed E-state index contributed by atoms with van der Waals surface area (Å²) in [5, 5.41) is 11.9. The fraction of sp³-hybridized carbons (Fsp3) is 0.550. The van der Waals surface area contributed by atoms with Gasteiger partial charge in [-0.25, -0.2) is 14.6 Å². The van der Waals surface area contributed by atoms with Crippen molar-refractivity contribution in [1.82, 2.24) is 34.8 Å². The molecule has 4 heterocycles. The van der Waals surface area contributed by atoms with Crippen LogP contribution in [0, 0.1) is 0 Å². The second-order valence-electron chi connectivity index (χ2n) is 9.16. The van der Waals surface area contributed by atoms with Crippen LogP contribution in [0.4, 0.5) is 5.95 Å². The summed E-state index contributed by atoms with van der Waals surface area (Å²) in [5.41, 5.74) is 3.13. The number of fused-ring (bicyclic) bond motifs is 1. The number of nitrogens with zero attached hydrogens (tertiary/aromatic N) is 7. The third-order valence-corrected chi connectivity index (χ3v) is 7.13. The minimum atomic E-state index is -1.16. The molecule has 1 amide bonds. The van der Waals surface area contributed by atoms with Crippen molar-refractivity contribution in [1.29, 1.82) is 0 Å². The number of hydrogen-bond acceptors (Lipinski definition) is 7. The van der Waals surface area contributed by atoms with Gasteiger partial charge >= 0.3 is 0 Å². The molecule has 1 atom stereocenters. The van der Waals surface area contributed by atoms with Gasteiger partial charge in [-0.2, -0.15) is 10.2 Å². The lowest BCUT2D eigenvalue weighted by molar-refractivity contribution is -0.122. The van der Waals surface area contributed by atoms with Gasteiger partial charge in [0.15, 0.2) is 0 Å². The molecule has 3 aromatic rings. The molecular formula is C20H30N8O2Si. The van der Waals surface area contributed by atoms with E-state index in [9.17, 15) is 4.79 Å². The van der Waals surface area contributed by atoms with E-state index in [0.29, 0.717) is 32.4 Å². The number of aryl methyl sites for hydroxylation is 1. The Kier molecular flexibility index (Phi) is 5.80. The number of ether oxygens (including phenoxy) is 1. The number of rotatable bonds is 7. The zero-order valence-electron chi connectivity index (χ0n) is 18.8. The van der Waals surface area contributed by atoms with Crippen LogP contribution >= 0.6 is 0 Å². The Morgan fingerprint density at radius 2 is 2.10 bits per heavy atom. The van der Waals surface area contributed by atoms with Crippen LogP contribution in [0.1, 0.15) is 6.92 Å². The van der Waals surface area contributed by atoms with Crippen LogP contribution in [0.3, 0.4) is 0 Å². The molecule has 31 heavy (non-hydrogen) atoms. The highest BCUT2D eigenvalue weighted by atomic mass is 28.3. The molecule has 11 heteroatoms. The average molecular weight is 443 g/mol. The maximum Gasteiger partial charge on any atom is 0.242 e.